The number of carbonyl (C=O) groups excluding carboxylic acids is 1. The lowest BCUT2D eigenvalue weighted by molar-refractivity contribution is -0.138. The number of methoxy groups -OCH3 is 2. The Labute approximate surface area is 120 Å². The van der Waals surface area contributed by atoms with Gasteiger partial charge in [0.15, 0.2) is 5.82 Å². The summed E-state index contributed by atoms with van der Waals surface area (Å²) < 4.78 is 9.83. The van der Waals surface area contributed by atoms with Crippen molar-refractivity contribution in [2.24, 2.45) is 0 Å². The first-order chi connectivity index (χ1) is 10.2. The molecule has 0 aliphatic carbocycles. The normalized spacial score (nSPS) is 10.8. The van der Waals surface area contributed by atoms with Gasteiger partial charge in [0.25, 0.3) is 0 Å². The van der Waals surface area contributed by atoms with Crippen LogP contribution in [0.25, 0.3) is 21.9 Å². The Morgan fingerprint density at radius 1 is 1.33 bits per heavy atom. The van der Waals surface area contributed by atoms with Gasteiger partial charge in [-0.05, 0) is 18.2 Å². The summed E-state index contributed by atoms with van der Waals surface area (Å²) in [5.41, 5.74) is 2.43. The topological polar surface area (TPSA) is 89.1 Å². The minimum absolute atomic E-state index is 0.0430. The van der Waals surface area contributed by atoms with Crippen molar-refractivity contribution < 1.29 is 14.3 Å². The third kappa shape index (κ3) is 2.33. The van der Waals surface area contributed by atoms with Crippen LogP contribution in [0.1, 0.15) is 0 Å². The van der Waals surface area contributed by atoms with Crippen molar-refractivity contribution >= 4 is 33.7 Å². The number of rotatable bonds is 4. The summed E-state index contributed by atoms with van der Waals surface area (Å²) >= 11 is 0. The van der Waals surface area contributed by atoms with Crippen LogP contribution >= 0.6 is 0 Å². The maximum Gasteiger partial charge on any atom is 0.325 e. The lowest BCUT2D eigenvalue weighted by Crippen LogP contribution is -2.15. The van der Waals surface area contributed by atoms with Gasteiger partial charge in [-0.15, -0.1) is 0 Å². The Morgan fingerprint density at radius 2 is 2.19 bits per heavy atom. The van der Waals surface area contributed by atoms with Crippen LogP contribution in [0, 0.1) is 0 Å². The van der Waals surface area contributed by atoms with Crippen LogP contribution in [0.3, 0.4) is 0 Å². The first kappa shape index (κ1) is 13.2. The van der Waals surface area contributed by atoms with E-state index in [9.17, 15) is 4.79 Å². The average Bonchev–Trinajstić information content (AvgIpc) is 2.90. The number of benzene rings is 1. The molecule has 0 radical (unpaired) electrons. The van der Waals surface area contributed by atoms with Gasteiger partial charge in [0.2, 0.25) is 0 Å². The van der Waals surface area contributed by atoms with Crippen LogP contribution in [0.4, 0.5) is 5.82 Å². The summed E-state index contributed by atoms with van der Waals surface area (Å²) in [6.45, 7) is 0.0430. The molecule has 3 rings (SSSR count). The fourth-order valence-electron chi connectivity index (χ4n) is 2.16. The number of H-pyrrole nitrogens is 1. The number of ether oxygens (including phenoxy) is 2. The molecular formula is C14H14N4O3. The summed E-state index contributed by atoms with van der Waals surface area (Å²) in [4.78, 5) is 22.9. The quantitative estimate of drug-likeness (QED) is 0.710. The average molecular weight is 286 g/mol. The second-order valence-electron chi connectivity index (χ2n) is 4.41. The minimum atomic E-state index is -0.362. The van der Waals surface area contributed by atoms with Crippen molar-refractivity contribution in [2.45, 2.75) is 0 Å². The van der Waals surface area contributed by atoms with Crippen molar-refractivity contribution in [1.82, 2.24) is 15.0 Å². The smallest absolute Gasteiger partial charge is 0.325 e. The number of aromatic nitrogens is 3. The highest BCUT2D eigenvalue weighted by atomic mass is 16.5. The summed E-state index contributed by atoms with van der Waals surface area (Å²) in [5.74, 6) is 0.950. The van der Waals surface area contributed by atoms with E-state index in [-0.39, 0.29) is 12.5 Å². The first-order valence-corrected chi connectivity index (χ1v) is 6.34. The second kappa shape index (κ2) is 5.28. The molecule has 0 atom stereocenters. The third-order valence-electron chi connectivity index (χ3n) is 3.22. The molecule has 21 heavy (non-hydrogen) atoms. The summed E-state index contributed by atoms with van der Waals surface area (Å²) in [6.07, 6.45) is 1.45. The van der Waals surface area contributed by atoms with Crippen LogP contribution in [0.15, 0.2) is 24.5 Å². The zero-order valence-electron chi connectivity index (χ0n) is 11.6. The SMILES string of the molecule is COC(=O)CNc1ncnc2c1[nH]c1ccc(OC)cc12. The molecule has 0 bridgehead atoms. The molecule has 0 amide bonds. The molecule has 0 unspecified atom stereocenters. The van der Waals surface area contributed by atoms with Gasteiger partial charge in [0.1, 0.15) is 29.7 Å². The van der Waals surface area contributed by atoms with Gasteiger partial charge in [-0.3, -0.25) is 4.79 Å². The molecule has 2 heterocycles. The summed E-state index contributed by atoms with van der Waals surface area (Å²) in [5, 5.41) is 3.88. The zero-order chi connectivity index (χ0) is 14.8. The van der Waals surface area contributed by atoms with Crippen molar-refractivity contribution in [3.8, 4) is 5.75 Å². The number of anilines is 1. The number of hydrogen-bond donors (Lipinski definition) is 2. The molecule has 2 N–H and O–H groups in total. The molecule has 7 heteroatoms. The van der Waals surface area contributed by atoms with Crippen molar-refractivity contribution in [1.29, 1.82) is 0 Å². The fraction of sp³-hybridized carbons (Fsp3) is 0.214. The molecule has 0 aliphatic rings. The number of aromatic amines is 1. The van der Waals surface area contributed by atoms with E-state index < -0.39 is 0 Å². The number of carbonyl (C=O) groups is 1. The molecule has 2 aromatic heterocycles. The van der Waals surface area contributed by atoms with E-state index in [2.05, 4.69) is 25.0 Å². The van der Waals surface area contributed by atoms with E-state index in [4.69, 9.17) is 4.74 Å². The highest BCUT2D eigenvalue weighted by molar-refractivity contribution is 6.08. The van der Waals surface area contributed by atoms with E-state index >= 15 is 0 Å². The minimum Gasteiger partial charge on any atom is -0.497 e. The molecule has 0 aliphatic heterocycles. The molecule has 0 saturated heterocycles. The lowest BCUT2D eigenvalue weighted by Gasteiger charge is -2.04. The van der Waals surface area contributed by atoms with Crippen molar-refractivity contribution in [3.63, 3.8) is 0 Å². The van der Waals surface area contributed by atoms with Gasteiger partial charge in [-0.25, -0.2) is 9.97 Å². The van der Waals surface area contributed by atoms with Gasteiger partial charge in [0.05, 0.1) is 14.2 Å². The largest absolute Gasteiger partial charge is 0.497 e. The van der Waals surface area contributed by atoms with E-state index in [0.717, 1.165) is 27.7 Å². The Kier molecular flexibility index (Phi) is 3.31. The maximum absolute atomic E-state index is 11.2. The zero-order valence-corrected chi connectivity index (χ0v) is 11.6. The molecule has 7 nitrogen and oxygen atoms in total. The molecule has 0 spiro atoms. The van der Waals surface area contributed by atoms with Crippen LogP contribution in [0.5, 0.6) is 5.75 Å². The van der Waals surface area contributed by atoms with Crippen LogP contribution < -0.4 is 10.1 Å². The van der Waals surface area contributed by atoms with Gasteiger partial charge in [-0.2, -0.15) is 0 Å². The first-order valence-electron chi connectivity index (χ1n) is 6.34. The number of hydrogen-bond acceptors (Lipinski definition) is 6. The number of nitrogens with one attached hydrogen (secondary N) is 2. The fourth-order valence-corrected chi connectivity index (χ4v) is 2.16. The number of esters is 1. The van der Waals surface area contributed by atoms with Crippen molar-refractivity contribution in [2.75, 3.05) is 26.1 Å². The molecule has 1 aromatic carbocycles. The van der Waals surface area contributed by atoms with E-state index in [1.807, 2.05) is 18.2 Å². The molecule has 108 valence electrons. The van der Waals surface area contributed by atoms with Gasteiger partial charge < -0.3 is 19.8 Å². The lowest BCUT2D eigenvalue weighted by atomic mass is 10.2. The van der Waals surface area contributed by atoms with Crippen molar-refractivity contribution in [3.05, 3.63) is 24.5 Å². The van der Waals surface area contributed by atoms with Crippen LogP contribution in [-0.2, 0) is 9.53 Å². The summed E-state index contributed by atoms with van der Waals surface area (Å²) in [7, 11) is 2.96. The Hall–Kier alpha value is -2.83. The third-order valence-corrected chi connectivity index (χ3v) is 3.22. The van der Waals surface area contributed by atoms with E-state index in [0.29, 0.717) is 5.82 Å². The highest BCUT2D eigenvalue weighted by Gasteiger charge is 2.12. The number of nitrogens with zero attached hydrogens (tertiary/aromatic N) is 2. The molecular weight excluding hydrogens is 272 g/mol. The van der Waals surface area contributed by atoms with Crippen LogP contribution in [-0.4, -0.2) is 41.7 Å². The van der Waals surface area contributed by atoms with Gasteiger partial charge in [-0.1, -0.05) is 0 Å². The predicted octanol–water partition coefficient (Wildman–Crippen LogP) is 1.70. The highest BCUT2D eigenvalue weighted by Crippen LogP contribution is 2.29. The molecule has 0 fully saturated rings. The number of fused-ring (bicyclic) bond motifs is 3. The maximum atomic E-state index is 11.2. The second-order valence-corrected chi connectivity index (χ2v) is 4.41. The Morgan fingerprint density at radius 3 is 2.95 bits per heavy atom. The monoisotopic (exact) mass is 286 g/mol. The van der Waals surface area contributed by atoms with Crippen LogP contribution in [0.2, 0.25) is 0 Å². The summed E-state index contributed by atoms with van der Waals surface area (Å²) in [6, 6.07) is 5.69. The van der Waals surface area contributed by atoms with Gasteiger partial charge >= 0.3 is 5.97 Å². The standard InChI is InChI=1S/C14H14N4O3/c1-20-8-3-4-10-9(5-8)12-13(18-10)14(17-7-16-12)15-6-11(19)21-2/h3-5,7,18H,6H2,1-2H3,(H,15,16,17). The van der Waals surface area contributed by atoms with Gasteiger partial charge in [0, 0.05) is 10.9 Å². The Bertz CT molecular complexity index is 812. The molecule has 3 aromatic rings. The van der Waals surface area contributed by atoms with E-state index in [1.54, 1.807) is 7.11 Å². The Balaban J connectivity index is 2.08. The predicted molar refractivity (Wildman–Crippen MR) is 78.5 cm³/mol. The molecule has 0 saturated carbocycles. The van der Waals surface area contributed by atoms with E-state index in [1.165, 1.54) is 13.4 Å².